The maximum atomic E-state index is 12.9. The van der Waals surface area contributed by atoms with Gasteiger partial charge in [0.15, 0.2) is 6.17 Å². The van der Waals surface area contributed by atoms with E-state index in [4.69, 9.17) is 0 Å². The van der Waals surface area contributed by atoms with Crippen molar-refractivity contribution in [3.63, 3.8) is 0 Å². The summed E-state index contributed by atoms with van der Waals surface area (Å²) in [5, 5.41) is 9.53. The topological polar surface area (TPSA) is 60.9 Å². The standard InChI is InChI=1S/C16H24N2O3S/c1-16(2,3)18(13(15(20)21)17(4)5)14(19)11-8-7-9-12(10-11)22-6/h7-10,13H,1-6H3,(H,20,21)/t13-/m0/s1. The molecule has 1 rings (SSSR count). The SMILES string of the molecule is CSc1cccc(C(=O)N([C@@H](C(=O)O)N(C)C)C(C)(C)C)c1. The van der Waals surface area contributed by atoms with Gasteiger partial charge < -0.3 is 10.0 Å². The molecule has 0 aromatic heterocycles. The first-order valence-electron chi connectivity index (χ1n) is 6.96. The molecule has 1 atom stereocenters. The number of likely N-dealkylation sites (N-methyl/N-ethyl adjacent to an activating group) is 1. The van der Waals surface area contributed by atoms with Gasteiger partial charge in [0.1, 0.15) is 0 Å². The molecular formula is C16H24N2O3S. The molecule has 0 spiro atoms. The average Bonchev–Trinajstić information content (AvgIpc) is 2.41. The van der Waals surface area contributed by atoms with Crippen molar-refractivity contribution in [3.05, 3.63) is 29.8 Å². The molecule has 0 unspecified atom stereocenters. The predicted molar refractivity (Wildman–Crippen MR) is 89.3 cm³/mol. The zero-order valence-electron chi connectivity index (χ0n) is 14.0. The Labute approximate surface area is 136 Å². The van der Waals surface area contributed by atoms with E-state index < -0.39 is 17.7 Å². The molecule has 0 saturated heterocycles. The summed E-state index contributed by atoms with van der Waals surface area (Å²) in [7, 11) is 3.31. The van der Waals surface area contributed by atoms with E-state index in [1.54, 1.807) is 38.0 Å². The van der Waals surface area contributed by atoms with Gasteiger partial charge >= 0.3 is 5.97 Å². The number of amides is 1. The van der Waals surface area contributed by atoms with Gasteiger partial charge in [0.25, 0.3) is 5.91 Å². The maximum Gasteiger partial charge on any atom is 0.341 e. The summed E-state index contributed by atoms with van der Waals surface area (Å²) in [5.74, 6) is -1.33. The lowest BCUT2D eigenvalue weighted by molar-refractivity contribution is -0.150. The number of hydrogen-bond donors (Lipinski definition) is 1. The molecule has 0 bridgehead atoms. The van der Waals surface area contributed by atoms with Gasteiger partial charge in [0.2, 0.25) is 0 Å². The highest BCUT2D eigenvalue weighted by Crippen LogP contribution is 2.24. The zero-order chi connectivity index (χ0) is 17.1. The number of carbonyl (C=O) groups excluding carboxylic acids is 1. The van der Waals surface area contributed by atoms with E-state index in [1.807, 2.05) is 39.2 Å². The second-order valence-electron chi connectivity index (χ2n) is 6.25. The third-order valence-electron chi connectivity index (χ3n) is 3.21. The smallest absolute Gasteiger partial charge is 0.341 e. The van der Waals surface area contributed by atoms with Gasteiger partial charge in [-0.1, -0.05) is 6.07 Å². The first-order valence-corrected chi connectivity index (χ1v) is 8.19. The molecule has 1 aromatic rings. The third-order valence-corrected chi connectivity index (χ3v) is 3.94. The monoisotopic (exact) mass is 324 g/mol. The van der Waals surface area contributed by atoms with Crippen molar-refractivity contribution in [2.45, 2.75) is 37.4 Å². The minimum absolute atomic E-state index is 0.287. The fraction of sp³-hybridized carbons (Fsp3) is 0.500. The Morgan fingerprint density at radius 3 is 2.23 bits per heavy atom. The fourth-order valence-corrected chi connectivity index (χ4v) is 2.70. The molecule has 0 radical (unpaired) electrons. The summed E-state index contributed by atoms with van der Waals surface area (Å²) in [6.45, 7) is 5.51. The molecule has 122 valence electrons. The lowest BCUT2D eigenvalue weighted by Gasteiger charge is -2.42. The van der Waals surface area contributed by atoms with Gasteiger partial charge in [-0.25, -0.2) is 4.79 Å². The number of hydrogen-bond acceptors (Lipinski definition) is 4. The van der Waals surface area contributed by atoms with Crippen LogP contribution < -0.4 is 0 Å². The van der Waals surface area contributed by atoms with Crippen LogP contribution in [0.5, 0.6) is 0 Å². The second-order valence-corrected chi connectivity index (χ2v) is 7.13. The van der Waals surface area contributed by atoms with Gasteiger partial charge in [-0.3, -0.25) is 9.69 Å². The Morgan fingerprint density at radius 1 is 1.23 bits per heavy atom. The van der Waals surface area contributed by atoms with Crippen LogP contribution in [0.1, 0.15) is 31.1 Å². The van der Waals surface area contributed by atoms with Gasteiger partial charge in [0.05, 0.1) is 0 Å². The zero-order valence-corrected chi connectivity index (χ0v) is 14.8. The number of rotatable bonds is 5. The van der Waals surface area contributed by atoms with Crippen LogP contribution in [0.3, 0.4) is 0 Å². The largest absolute Gasteiger partial charge is 0.479 e. The van der Waals surface area contributed by atoms with Crippen molar-refractivity contribution < 1.29 is 14.7 Å². The minimum atomic E-state index is -1.05. The van der Waals surface area contributed by atoms with Crippen molar-refractivity contribution >= 4 is 23.6 Å². The van der Waals surface area contributed by atoms with Crippen LogP contribution in [0.2, 0.25) is 0 Å². The van der Waals surface area contributed by atoms with Crippen molar-refractivity contribution in [1.82, 2.24) is 9.80 Å². The number of benzene rings is 1. The predicted octanol–water partition coefficient (Wildman–Crippen LogP) is 2.62. The van der Waals surface area contributed by atoms with Crippen LogP contribution in [0.15, 0.2) is 29.2 Å². The third kappa shape index (κ3) is 4.24. The Kier molecular flexibility index (Phi) is 6.02. The number of carboxylic acids is 1. The van der Waals surface area contributed by atoms with Crippen LogP contribution in [0.25, 0.3) is 0 Å². The van der Waals surface area contributed by atoms with Gasteiger partial charge in [-0.2, -0.15) is 0 Å². The number of carboxylic acid groups (broad SMARTS) is 1. The lowest BCUT2D eigenvalue weighted by atomic mass is 10.0. The van der Waals surface area contributed by atoms with E-state index in [0.29, 0.717) is 5.56 Å². The van der Waals surface area contributed by atoms with Crippen molar-refractivity contribution in [2.24, 2.45) is 0 Å². The molecule has 6 heteroatoms. The molecule has 0 saturated carbocycles. The highest BCUT2D eigenvalue weighted by Gasteiger charge is 2.39. The van der Waals surface area contributed by atoms with Crippen LogP contribution in [0, 0.1) is 0 Å². The number of thioether (sulfide) groups is 1. The summed E-state index contributed by atoms with van der Waals surface area (Å²) in [4.78, 5) is 28.5. The molecule has 0 aliphatic heterocycles. The van der Waals surface area contributed by atoms with Crippen molar-refractivity contribution in [3.8, 4) is 0 Å². The van der Waals surface area contributed by atoms with E-state index in [-0.39, 0.29) is 5.91 Å². The van der Waals surface area contributed by atoms with E-state index in [0.717, 1.165) is 4.90 Å². The maximum absolute atomic E-state index is 12.9. The van der Waals surface area contributed by atoms with Gasteiger partial charge in [0, 0.05) is 16.0 Å². The minimum Gasteiger partial charge on any atom is -0.479 e. The normalized spacial score (nSPS) is 13.0. The molecule has 0 aliphatic rings. The molecule has 0 heterocycles. The Morgan fingerprint density at radius 2 is 1.82 bits per heavy atom. The molecular weight excluding hydrogens is 300 g/mol. The van der Waals surface area contributed by atoms with E-state index in [1.165, 1.54) is 9.80 Å². The van der Waals surface area contributed by atoms with Crippen molar-refractivity contribution in [1.29, 1.82) is 0 Å². The summed E-state index contributed by atoms with van der Waals surface area (Å²) < 4.78 is 0. The first kappa shape index (κ1) is 18.5. The quantitative estimate of drug-likeness (QED) is 0.666. The molecule has 22 heavy (non-hydrogen) atoms. The second kappa shape index (κ2) is 7.15. The van der Waals surface area contributed by atoms with E-state index in [2.05, 4.69) is 0 Å². The number of carbonyl (C=O) groups is 2. The number of aliphatic carboxylic acids is 1. The Balaban J connectivity index is 3.33. The van der Waals surface area contributed by atoms with Gasteiger partial charge in [-0.15, -0.1) is 11.8 Å². The first-order chi connectivity index (χ1) is 10.1. The molecule has 0 fully saturated rings. The van der Waals surface area contributed by atoms with Crippen LogP contribution in [0.4, 0.5) is 0 Å². The highest BCUT2D eigenvalue weighted by atomic mass is 32.2. The van der Waals surface area contributed by atoms with Crippen molar-refractivity contribution in [2.75, 3.05) is 20.4 Å². The van der Waals surface area contributed by atoms with Crippen LogP contribution in [-0.4, -0.2) is 58.8 Å². The molecule has 1 amide bonds. The van der Waals surface area contributed by atoms with Crippen LogP contribution in [-0.2, 0) is 4.79 Å². The summed E-state index contributed by atoms with van der Waals surface area (Å²) in [6.07, 6.45) is 0.913. The average molecular weight is 324 g/mol. The fourth-order valence-electron chi connectivity index (χ4n) is 2.24. The summed E-state index contributed by atoms with van der Waals surface area (Å²) in [5.41, 5.74) is -0.130. The summed E-state index contributed by atoms with van der Waals surface area (Å²) in [6, 6.07) is 7.24. The molecule has 5 nitrogen and oxygen atoms in total. The van der Waals surface area contributed by atoms with Gasteiger partial charge in [-0.05, 0) is 59.3 Å². The van der Waals surface area contributed by atoms with E-state index >= 15 is 0 Å². The molecule has 0 aliphatic carbocycles. The number of nitrogens with zero attached hydrogens (tertiary/aromatic N) is 2. The Bertz CT molecular complexity index is 553. The van der Waals surface area contributed by atoms with E-state index in [9.17, 15) is 14.7 Å². The highest BCUT2D eigenvalue weighted by molar-refractivity contribution is 7.98. The van der Waals surface area contributed by atoms with Crippen LogP contribution >= 0.6 is 11.8 Å². The Hall–Kier alpha value is -1.53. The summed E-state index contributed by atoms with van der Waals surface area (Å²) >= 11 is 1.54. The molecule has 1 aromatic carbocycles. The lowest BCUT2D eigenvalue weighted by Crippen LogP contribution is -2.59. The molecule has 1 N–H and O–H groups in total.